The smallest absolute Gasteiger partial charge is 0.240 e. The molecule has 1 aromatic rings. The maximum atomic E-state index is 11.0. The summed E-state index contributed by atoms with van der Waals surface area (Å²) in [5.74, 6) is -0.293. The first kappa shape index (κ1) is 8.80. The SMILES string of the molecule is NC(=O)C1CCN1c1cncc(N)c1. The monoisotopic (exact) mass is 192 g/mol. The van der Waals surface area contributed by atoms with Crippen LogP contribution in [0.4, 0.5) is 11.4 Å². The van der Waals surface area contributed by atoms with Gasteiger partial charge in [0.15, 0.2) is 0 Å². The lowest BCUT2D eigenvalue weighted by Gasteiger charge is -2.40. The summed E-state index contributed by atoms with van der Waals surface area (Å²) in [4.78, 5) is 16.8. The number of hydrogen-bond acceptors (Lipinski definition) is 4. The van der Waals surface area contributed by atoms with E-state index >= 15 is 0 Å². The van der Waals surface area contributed by atoms with Gasteiger partial charge in [-0.1, -0.05) is 0 Å². The topological polar surface area (TPSA) is 85.2 Å². The maximum Gasteiger partial charge on any atom is 0.240 e. The molecule has 0 aliphatic carbocycles. The summed E-state index contributed by atoms with van der Waals surface area (Å²) in [6.07, 6.45) is 4.07. The zero-order chi connectivity index (χ0) is 10.1. The second-order valence-corrected chi connectivity index (χ2v) is 3.38. The van der Waals surface area contributed by atoms with Crippen molar-refractivity contribution in [1.82, 2.24) is 4.98 Å². The number of amides is 1. The van der Waals surface area contributed by atoms with E-state index in [9.17, 15) is 4.79 Å². The number of anilines is 2. The molecule has 0 radical (unpaired) electrons. The lowest BCUT2D eigenvalue weighted by molar-refractivity contribution is -0.120. The molecule has 74 valence electrons. The van der Waals surface area contributed by atoms with E-state index in [1.807, 2.05) is 4.90 Å². The fraction of sp³-hybridized carbons (Fsp3) is 0.333. The number of pyridine rings is 1. The van der Waals surface area contributed by atoms with Crippen molar-refractivity contribution < 1.29 is 4.79 Å². The van der Waals surface area contributed by atoms with Gasteiger partial charge in [-0.15, -0.1) is 0 Å². The highest BCUT2D eigenvalue weighted by Gasteiger charge is 2.32. The fourth-order valence-electron chi connectivity index (χ4n) is 1.59. The van der Waals surface area contributed by atoms with Crippen molar-refractivity contribution in [2.24, 2.45) is 5.73 Å². The molecule has 1 aliphatic heterocycles. The highest BCUT2D eigenvalue weighted by Crippen LogP contribution is 2.26. The highest BCUT2D eigenvalue weighted by atomic mass is 16.1. The highest BCUT2D eigenvalue weighted by molar-refractivity contribution is 5.85. The van der Waals surface area contributed by atoms with Gasteiger partial charge in [0.2, 0.25) is 5.91 Å². The third-order valence-corrected chi connectivity index (χ3v) is 2.42. The number of nitrogens with zero attached hydrogens (tertiary/aromatic N) is 2. The Bertz CT molecular complexity index is 366. The van der Waals surface area contributed by atoms with Crippen LogP contribution < -0.4 is 16.4 Å². The first-order chi connectivity index (χ1) is 6.68. The van der Waals surface area contributed by atoms with Crippen molar-refractivity contribution in [2.45, 2.75) is 12.5 Å². The van der Waals surface area contributed by atoms with Gasteiger partial charge in [0, 0.05) is 12.7 Å². The van der Waals surface area contributed by atoms with Crippen LogP contribution in [0.5, 0.6) is 0 Å². The minimum Gasteiger partial charge on any atom is -0.397 e. The summed E-state index contributed by atoms with van der Waals surface area (Å²) < 4.78 is 0. The van der Waals surface area contributed by atoms with Crippen LogP contribution in [0.15, 0.2) is 18.5 Å². The van der Waals surface area contributed by atoms with Gasteiger partial charge in [0.1, 0.15) is 6.04 Å². The van der Waals surface area contributed by atoms with Crippen LogP contribution in [0, 0.1) is 0 Å². The molecule has 5 heteroatoms. The van der Waals surface area contributed by atoms with E-state index in [1.165, 1.54) is 0 Å². The zero-order valence-electron chi connectivity index (χ0n) is 7.68. The van der Waals surface area contributed by atoms with E-state index < -0.39 is 0 Å². The molecule has 1 aliphatic rings. The van der Waals surface area contributed by atoms with E-state index in [0.717, 1.165) is 18.7 Å². The Hall–Kier alpha value is -1.78. The van der Waals surface area contributed by atoms with Crippen molar-refractivity contribution in [1.29, 1.82) is 0 Å². The minimum atomic E-state index is -0.293. The van der Waals surface area contributed by atoms with Crippen molar-refractivity contribution in [2.75, 3.05) is 17.2 Å². The number of carbonyl (C=O) groups excluding carboxylic acids is 1. The molecule has 1 saturated heterocycles. The second kappa shape index (κ2) is 3.17. The van der Waals surface area contributed by atoms with Crippen molar-refractivity contribution in [3.63, 3.8) is 0 Å². The van der Waals surface area contributed by atoms with Crippen LogP contribution in [0.3, 0.4) is 0 Å². The van der Waals surface area contributed by atoms with Crippen molar-refractivity contribution in [3.05, 3.63) is 18.5 Å². The standard InChI is InChI=1S/C9H12N4O/c10-6-3-7(5-12-4-6)13-2-1-8(13)9(11)14/h3-5,8H,1-2,10H2,(H2,11,14). The molecule has 1 atom stereocenters. The van der Waals surface area contributed by atoms with E-state index in [0.29, 0.717) is 5.69 Å². The summed E-state index contributed by atoms with van der Waals surface area (Å²) >= 11 is 0. The van der Waals surface area contributed by atoms with Gasteiger partial charge in [-0.3, -0.25) is 9.78 Å². The number of rotatable bonds is 2. The lowest BCUT2D eigenvalue weighted by Crippen LogP contribution is -2.55. The van der Waals surface area contributed by atoms with E-state index in [2.05, 4.69) is 4.98 Å². The molecule has 5 nitrogen and oxygen atoms in total. The second-order valence-electron chi connectivity index (χ2n) is 3.38. The van der Waals surface area contributed by atoms with Crippen LogP contribution >= 0.6 is 0 Å². The van der Waals surface area contributed by atoms with Crippen molar-refractivity contribution >= 4 is 17.3 Å². The molecule has 0 spiro atoms. The van der Waals surface area contributed by atoms with Crippen LogP contribution in [-0.4, -0.2) is 23.5 Å². The summed E-state index contributed by atoms with van der Waals surface area (Å²) in [7, 11) is 0. The van der Waals surface area contributed by atoms with Gasteiger partial charge in [-0.25, -0.2) is 0 Å². The molecule has 0 aromatic carbocycles. The Morgan fingerprint density at radius 1 is 1.57 bits per heavy atom. The molecule has 2 rings (SSSR count). The van der Waals surface area contributed by atoms with E-state index in [-0.39, 0.29) is 11.9 Å². The first-order valence-corrected chi connectivity index (χ1v) is 4.45. The zero-order valence-corrected chi connectivity index (χ0v) is 7.68. The Labute approximate surface area is 81.7 Å². The fourth-order valence-corrected chi connectivity index (χ4v) is 1.59. The third-order valence-electron chi connectivity index (χ3n) is 2.42. The Balaban J connectivity index is 2.20. The molecule has 2 heterocycles. The van der Waals surface area contributed by atoms with Crippen molar-refractivity contribution in [3.8, 4) is 0 Å². The van der Waals surface area contributed by atoms with E-state index in [4.69, 9.17) is 11.5 Å². The average Bonchev–Trinajstić information content (AvgIpc) is 2.00. The quantitative estimate of drug-likeness (QED) is 0.675. The average molecular weight is 192 g/mol. The van der Waals surface area contributed by atoms with Gasteiger partial charge in [0.05, 0.1) is 17.6 Å². The maximum absolute atomic E-state index is 11.0. The molecule has 4 N–H and O–H groups in total. The van der Waals surface area contributed by atoms with Gasteiger partial charge < -0.3 is 16.4 Å². The molecule has 1 fully saturated rings. The van der Waals surface area contributed by atoms with Crippen LogP contribution in [0.25, 0.3) is 0 Å². The number of primary amides is 1. The number of nitrogen functional groups attached to an aromatic ring is 1. The molecule has 0 saturated carbocycles. The predicted octanol–water partition coefficient (Wildman–Crippen LogP) is -0.272. The Morgan fingerprint density at radius 2 is 2.36 bits per heavy atom. The molecular formula is C9H12N4O. The molecule has 14 heavy (non-hydrogen) atoms. The molecule has 0 bridgehead atoms. The van der Waals surface area contributed by atoms with Gasteiger partial charge in [-0.05, 0) is 12.5 Å². The normalized spacial score (nSPS) is 20.3. The first-order valence-electron chi connectivity index (χ1n) is 4.45. The Kier molecular flexibility index (Phi) is 1.99. The van der Waals surface area contributed by atoms with Crippen LogP contribution in [0.1, 0.15) is 6.42 Å². The van der Waals surface area contributed by atoms with E-state index in [1.54, 1.807) is 18.5 Å². The Morgan fingerprint density at radius 3 is 2.86 bits per heavy atom. The number of aromatic nitrogens is 1. The predicted molar refractivity (Wildman–Crippen MR) is 53.6 cm³/mol. The van der Waals surface area contributed by atoms with Crippen LogP contribution in [0.2, 0.25) is 0 Å². The molecule has 1 unspecified atom stereocenters. The van der Waals surface area contributed by atoms with Gasteiger partial charge in [-0.2, -0.15) is 0 Å². The lowest BCUT2D eigenvalue weighted by atomic mass is 10.0. The van der Waals surface area contributed by atoms with Gasteiger partial charge in [0.25, 0.3) is 0 Å². The number of carbonyl (C=O) groups is 1. The molecule has 1 aromatic heterocycles. The van der Waals surface area contributed by atoms with Crippen LogP contribution in [-0.2, 0) is 4.79 Å². The molecule has 1 amide bonds. The van der Waals surface area contributed by atoms with Gasteiger partial charge >= 0.3 is 0 Å². The minimum absolute atomic E-state index is 0.196. The largest absolute Gasteiger partial charge is 0.397 e. The summed E-state index contributed by atoms with van der Waals surface area (Å²) in [5.41, 5.74) is 12.3. The summed E-state index contributed by atoms with van der Waals surface area (Å²) in [5, 5.41) is 0. The number of nitrogens with two attached hydrogens (primary N) is 2. The summed E-state index contributed by atoms with van der Waals surface area (Å²) in [6, 6.07) is 1.60. The summed E-state index contributed by atoms with van der Waals surface area (Å²) in [6.45, 7) is 0.832. The molecular weight excluding hydrogens is 180 g/mol. The third kappa shape index (κ3) is 1.37. The number of hydrogen-bond donors (Lipinski definition) is 2.